The van der Waals surface area contributed by atoms with Gasteiger partial charge in [0, 0.05) is 19.0 Å². The number of fused-ring (bicyclic) bond motifs is 2. The van der Waals surface area contributed by atoms with Crippen molar-refractivity contribution in [1.29, 1.82) is 0 Å². The molecule has 0 saturated carbocycles. The van der Waals surface area contributed by atoms with Crippen molar-refractivity contribution in [3.63, 3.8) is 0 Å². The number of hydrogen-bond acceptors (Lipinski definition) is 5. The summed E-state index contributed by atoms with van der Waals surface area (Å²) in [5, 5.41) is 3.24. The standard InChI is InChI=1S/C21H27N3O4/c1-3-14(2)22-19(25)13-28-21(27)15-9-10-16-17(12-15)23-18-8-6-4-5-7-11-24(18)20(16)26/h9-10,12,14H,3-8,11,13H2,1-2H3,(H,22,25)/t14-/m0/s1. The predicted molar refractivity (Wildman–Crippen MR) is 106 cm³/mol. The number of nitrogens with zero attached hydrogens (tertiary/aromatic N) is 2. The van der Waals surface area contributed by atoms with Gasteiger partial charge in [-0.3, -0.25) is 14.2 Å². The second-order valence-electron chi connectivity index (χ2n) is 7.33. The van der Waals surface area contributed by atoms with Gasteiger partial charge in [0.1, 0.15) is 5.82 Å². The average Bonchev–Trinajstić information content (AvgIpc) is 2.67. The van der Waals surface area contributed by atoms with E-state index in [2.05, 4.69) is 10.3 Å². The third kappa shape index (κ3) is 4.58. The molecular weight excluding hydrogens is 358 g/mol. The molecule has 0 spiro atoms. The third-order valence-electron chi connectivity index (χ3n) is 5.16. The zero-order valence-electron chi connectivity index (χ0n) is 16.5. The van der Waals surface area contributed by atoms with Gasteiger partial charge in [-0.2, -0.15) is 0 Å². The molecule has 7 nitrogen and oxygen atoms in total. The molecule has 0 bridgehead atoms. The Morgan fingerprint density at radius 1 is 1.25 bits per heavy atom. The number of ether oxygens (including phenoxy) is 1. The van der Waals surface area contributed by atoms with Crippen LogP contribution >= 0.6 is 0 Å². The smallest absolute Gasteiger partial charge is 0.338 e. The highest BCUT2D eigenvalue weighted by atomic mass is 16.5. The number of benzene rings is 1. The van der Waals surface area contributed by atoms with Gasteiger partial charge in [-0.25, -0.2) is 9.78 Å². The lowest BCUT2D eigenvalue weighted by atomic mass is 10.1. The number of amides is 1. The van der Waals surface area contributed by atoms with Crippen molar-refractivity contribution in [2.45, 2.75) is 65.0 Å². The van der Waals surface area contributed by atoms with E-state index in [0.717, 1.165) is 44.3 Å². The predicted octanol–water partition coefficient (Wildman–Crippen LogP) is 2.58. The molecule has 0 radical (unpaired) electrons. The van der Waals surface area contributed by atoms with Gasteiger partial charge in [0.15, 0.2) is 6.61 Å². The van der Waals surface area contributed by atoms with Crippen LogP contribution in [0.4, 0.5) is 0 Å². The average molecular weight is 385 g/mol. The molecule has 1 atom stereocenters. The molecule has 0 unspecified atom stereocenters. The summed E-state index contributed by atoms with van der Waals surface area (Å²) < 4.78 is 6.86. The Kier molecular flexibility index (Phi) is 6.44. The molecule has 7 heteroatoms. The van der Waals surface area contributed by atoms with Crippen molar-refractivity contribution in [1.82, 2.24) is 14.9 Å². The highest BCUT2D eigenvalue weighted by Crippen LogP contribution is 2.17. The molecule has 2 heterocycles. The van der Waals surface area contributed by atoms with Crippen molar-refractivity contribution in [3.8, 4) is 0 Å². The highest BCUT2D eigenvalue weighted by molar-refractivity contribution is 5.95. The SMILES string of the molecule is CC[C@H](C)NC(=O)COC(=O)c1ccc2c(=O)n3c(nc2c1)CCCCCC3. The summed E-state index contributed by atoms with van der Waals surface area (Å²) >= 11 is 0. The molecule has 1 aromatic carbocycles. The van der Waals surface area contributed by atoms with Crippen LogP contribution in [-0.4, -0.2) is 34.1 Å². The number of carbonyl (C=O) groups is 2. The molecular formula is C21H27N3O4. The van der Waals surface area contributed by atoms with Gasteiger partial charge >= 0.3 is 5.97 Å². The van der Waals surface area contributed by atoms with E-state index in [1.54, 1.807) is 22.8 Å². The lowest BCUT2D eigenvalue weighted by molar-refractivity contribution is -0.124. The minimum absolute atomic E-state index is 0.0310. The summed E-state index contributed by atoms with van der Waals surface area (Å²) in [6, 6.07) is 4.78. The van der Waals surface area contributed by atoms with E-state index in [9.17, 15) is 14.4 Å². The van der Waals surface area contributed by atoms with Crippen molar-refractivity contribution in [3.05, 3.63) is 39.9 Å². The van der Waals surface area contributed by atoms with Crippen molar-refractivity contribution < 1.29 is 14.3 Å². The number of aromatic nitrogens is 2. The highest BCUT2D eigenvalue weighted by Gasteiger charge is 2.16. The Bertz CT molecular complexity index is 935. The first-order valence-electron chi connectivity index (χ1n) is 9.99. The van der Waals surface area contributed by atoms with Gasteiger partial charge in [0.05, 0.1) is 16.5 Å². The number of hydrogen-bond donors (Lipinski definition) is 1. The van der Waals surface area contributed by atoms with Gasteiger partial charge in [0.2, 0.25) is 0 Å². The molecule has 1 aromatic heterocycles. The first-order chi connectivity index (χ1) is 13.5. The van der Waals surface area contributed by atoms with Gasteiger partial charge < -0.3 is 10.1 Å². The lowest BCUT2D eigenvalue weighted by Gasteiger charge is -2.16. The Labute approximate surface area is 164 Å². The Morgan fingerprint density at radius 3 is 2.82 bits per heavy atom. The number of aryl methyl sites for hydroxylation is 1. The second kappa shape index (κ2) is 8.99. The molecule has 1 aliphatic heterocycles. The largest absolute Gasteiger partial charge is 0.452 e. The van der Waals surface area contributed by atoms with Crippen LogP contribution in [0.5, 0.6) is 0 Å². The fraction of sp³-hybridized carbons (Fsp3) is 0.524. The van der Waals surface area contributed by atoms with E-state index in [4.69, 9.17) is 4.74 Å². The molecule has 0 aliphatic carbocycles. The quantitative estimate of drug-likeness (QED) is 0.799. The first kappa shape index (κ1) is 20.0. The van der Waals surface area contributed by atoms with Gasteiger partial charge in [-0.1, -0.05) is 19.8 Å². The summed E-state index contributed by atoms with van der Waals surface area (Å²) in [5.74, 6) is -0.160. The maximum atomic E-state index is 12.8. The van der Waals surface area contributed by atoms with Crippen LogP contribution in [0, 0.1) is 0 Å². The summed E-state index contributed by atoms with van der Waals surface area (Å²) in [6.45, 7) is 4.20. The maximum absolute atomic E-state index is 12.8. The monoisotopic (exact) mass is 385 g/mol. The Morgan fingerprint density at radius 2 is 2.04 bits per heavy atom. The first-order valence-corrected chi connectivity index (χ1v) is 9.99. The number of nitrogens with one attached hydrogen (secondary N) is 1. The van der Waals surface area contributed by atoms with Crippen LogP contribution in [-0.2, 0) is 22.5 Å². The van der Waals surface area contributed by atoms with E-state index >= 15 is 0 Å². The summed E-state index contributed by atoms with van der Waals surface area (Å²) in [4.78, 5) is 41.6. The summed E-state index contributed by atoms with van der Waals surface area (Å²) in [5.41, 5.74) is 0.719. The zero-order chi connectivity index (χ0) is 20.1. The fourth-order valence-corrected chi connectivity index (χ4v) is 3.36. The van der Waals surface area contributed by atoms with E-state index < -0.39 is 5.97 Å². The minimum atomic E-state index is -0.602. The van der Waals surface area contributed by atoms with Gasteiger partial charge in [-0.15, -0.1) is 0 Å². The number of carbonyl (C=O) groups excluding carboxylic acids is 2. The molecule has 2 aromatic rings. The van der Waals surface area contributed by atoms with E-state index in [1.807, 2.05) is 13.8 Å². The topological polar surface area (TPSA) is 90.3 Å². The van der Waals surface area contributed by atoms with Gasteiger partial charge in [0.25, 0.3) is 11.5 Å². The molecule has 150 valence electrons. The van der Waals surface area contributed by atoms with Crippen molar-refractivity contribution in [2.24, 2.45) is 0 Å². The fourth-order valence-electron chi connectivity index (χ4n) is 3.36. The molecule has 1 amide bonds. The van der Waals surface area contributed by atoms with E-state index in [0.29, 0.717) is 17.4 Å². The second-order valence-corrected chi connectivity index (χ2v) is 7.33. The minimum Gasteiger partial charge on any atom is -0.452 e. The van der Waals surface area contributed by atoms with E-state index in [1.165, 1.54) is 0 Å². The summed E-state index contributed by atoms with van der Waals surface area (Å²) in [6.07, 6.45) is 5.80. The lowest BCUT2D eigenvalue weighted by Crippen LogP contribution is -2.35. The van der Waals surface area contributed by atoms with Crippen LogP contribution in [0.25, 0.3) is 10.9 Å². The van der Waals surface area contributed by atoms with Crippen LogP contribution < -0.4 is 10.9 Å². The summed E-state index contributed by atoms with van der Waals surface area (Å²) in [7, 11) is 0. The molecule has 0 fully saturated rings. The molecule has 1 aliphatic rings. The maximum Gasteiger partial charge on any atom is 0.338 e. The van der Waals surface area contributed by atoms with Crippen LogP contribution in [0.15, 0.2) is 23.0 Å². The molecule has 28 heavy (non-hydrogen) atoms. The molecule has 1 N–H and O–H groups in total. The van der Waals surface area contributed by atoms with E-state index in [-0.39, 0.29) is 29.7 Å². The van der Waals surface area contributed by atoms with Gasteiger partial charge in [-0.05, 0) is 44.4 Å². The third-order valence-corrected chi connectivity index (χ3v) is 5.16. The van der Waals surface area contributed by atoms with Crippen molar-refractivity contribution in [2.75, 3.05) is 6.61 Å². The van der Waals surface area contributed by atoms with Crippen molar-refractivity contribution >= 4 is 22.8 Å². The zero-order valence-corrected chi connectivity index (χ0v) is 16.5. The normalized spacial score (nSPS) is 15.2. The molecule has 0 saturated heterocycles. The number of rotatable bonds is 5. The Balaban J connectivity index is 1.79. The molecule has 3 rings (SSSR count). The van der Waals surface area contributed by atoms with Crippen LogP contribution in [0.3, 0.4) is 0 Å². The Hall–Kier alpha value is -2.70. The number of esters is 1. The van der Waals surface area contributed by atoms with Crippen LogP contribution in [0.1, 0.15) is 62.1 Å². The van der Waals surface area contributed by atoms with Crippen LogP contribution in [0.2, 0.25) is 0 Å².